The fraction of sp³-hybridized carbons (Fsp3) is 0.500. The van der Waals surface area contributed by atoms with Crippen molar-refractivity contribution in [2.75, 3.05) is 38.0 Å². The summed E-state index contributed by atoms with van der Waals surface area (Å²) >= 11 is 0. The Morgan fingerprint density at radius 2 is 1.92 bits per heavy atom. The number of para-hydroxylation sites is 1. The molecule has 0 aliphatic carbocycles. The minimum atomic E-state index is 0.108. The van der Waals surface area contributed by atoms with Gasteiger partial charge in [0, 0.05) is 31.4 Å². The van der Waals surface area contributed by atoms with E-state index in [0.717, 1.165) is 42.8 Å². The van der Waals surface area contributed by atoms with Crippen molar-refractivity contribution in [2.24, 2.45) is 0 Å². The van der Waals surface area contributed by atoms with Crippen LogP contribution < -0.4 is 10.6 Å². The molecule has 0 spiro atoms. The second kappa shape index (κ2) is 9.82. The van der Waals surface area contributed by atoms with Gasteiger partial charge in [0.1, 0.15) is 12.1 Å². The lowest BCUT2D eigenvalue weighted by molar-refractivity contribution is -0.121. The van der Waals surface area contributed by atoms with E-state index >= 15 is 0 Å². The average Bonchev–Trinajstić information content (AvgIpc) is 2.62. The molecule has 0 bridgehead atoms. The summed E-state index contributed by atoms with van der Waals surface area (Å²) in [6, 6.07) is 7.89. The lowest BCUT2D eigenvalue weighted by Gasteiger charge is -2.17. The lowest BCUT2D eigenvalue weighted by Crippen LogP contribution is -2.34. The third-order valence-corrected chi connectivity index (χ3v) is 4.06. The van der Waals surface area contributed by atoms with Gasteiger partial charge in [-0.15, -0.1) is 0 Å². The van der Waals surface area contributed by atoms with Crippen LogP contribution in [-0.4, -0.2) is 53.5 Å². The summed E-state index contributed by atoms with van der Waals surface area (Å²) < 4.78 is 0. The zero-order valence-corrected chi connectivity index (χ0v) is 14.6. The summed E-state index contributed by atoms with van der Waals surface area (Å²) in [6.45, 7) is 8.63. The van der Waals surface area contributed by atoms with E-state index in [1.165, 1.54) is 0 Å². The Hall–Kier alpha value is -2.21. The van der Waals surface area contributed by atoms with Gasteiger partial charge in [-0.05, 0) is 31.6 Å². The van der Waals surface area contributed by atoms with E-state index in [9.17, 15) is 4.79 Å². The molecule has 1 heterocycles. The van der Waals surface area contributed by atoms with Crippen molar-refractivity contribution in [3.8, 4) is 0 Å². The summed E-state index contributed by atoms with van der Waals surface area (Å²) in [6.07, 6.45) is 2.86. The van der Waals surface area contributed by atoms with Crippen molar-refractivity contribution < 1.29 is 4.79 Å². The molecular weight excluding hydrogens is 302 g/mol. The SMILES string of the molecule is CCN(CC)CCNC(=O)CCCNc1ncnc2ccccc12. The van der Waals surface area contributed by atoms with E-state index in [1.807, 2.05) is 24.3 Å². The standard InChI is InChI=1S/C18H27N5O/c1-3-23(4-2)13-12-19-17(24)10-7-11-20-18-15-8-5-6-9-16(15)21-14-22-18/h5-6,8-9,14H,3-4,7,10-13H2,1-2H3,(H,19,24)(H,20,21,22). The number of likely N-dealkylation sites (N-methyl/N-ethyl adjacent to an activating group) is 1. The number of aromatic nitrogens is 2. The number of nitrogens with one attached hydrogen (secondary N) is 2. The highest BCUT2D eigenvalue weighted by atomic mass is 16.1. The second-order valence-corrected chi connectivity index (χ2v) is 5.65. The van der Waals surface area contributed by atoms with Crippen LogP contribution >= 0.6 is 0 Å². The molecule has 24 heavy (non-hydrogen) atoms. The second-order valence-electron chi connectivity index (χ2n) is 5.65. The van der Waals surface area contributed by atoms with E-state index < -0.39 is 0 Å². The van der Waals surface area contributed by atoms with Crippen molar-refractivity contribution >= 4 is 22.6 Å². The molecule has 2 rings (SSSR count). The minimum Gasteiger partial charge on any atom is -0.369 e. The predicted octanol–water partition coefficient (Wildman–Crippen LogP) is 2.28. The number of amides is 1. The number of rotatable bonds is 10. The molecule has 1 amide bonds. The van der Waals surface area contributed by atoms with Crippen LogP contribution in [-0.2, 0) is 4.79 Å². The monoisotopic (exact) mass is 329 g/mol. The van der Waals surface area contributed by atoms with Gasteiger partial charge in [-0.1, -0.05) is 26.0 Å². The van der Waals surface area contributed by atoms with Crippen LogP contribution in [0.1, 0.15) is 26.7 Å². The summed E-state index contributed by atoms with van der Waals surface area (Å²) in [7, 11) is 0. The van der Waals surface area contributed by atoms with Gasteiger partial charge in [-0.3, -0.25) is 4.79 Å². The Morgan fingerprint density at radius 3 is 2.71 bits per heavy atom. The molecular formula is C18H27N5O. The highest BCUT2D eigenvalue weighted by Crippen LogP contribution is 2.18. The molecule has 1 aromatic carbocycles. The Bertz CT molecular complexity index is 637. The number of anilines is 1. The molecule has 130 valence electrons. The van der Waals surface area contributed by atoms with Crippen molar-refractivity contribution in [1.29, 1.82) is 0 Å². The van der Waals surface area contributed by atoms with Crippen LogP contribution in [0, 0.1) is 0 Å². The van der Waals surface area contributed by atoms with E-state index in [2.05, 4.69) is 39.3 Å². The van der Waals surface area contributed by atoms with Crippen LogP contribution in [0.2, 0.25) is 0 Å². The van der Waals surface area contributed by atoms with E-state index in [-0.39, 0.29) is 5.91 Å². The van der Waals surface area contributed by atoms with Crippen LogP contribution in [0.15, 0.2) is 30.6 Å². The number of benzene rings is 1. The summed E-state index contributed by atoms with van der Waals surface area (Å²) in [5.74, 6) is 0.930. The normalized spacial score (nSPS) is 11.0. The van der Waals surface area contributed by atoms with Gasteiger partial charge in [-0.2, -0.15) is 0 Å². The molecule has 6 nitrogen and oxygen atoms in total. The highest BCUT2D eigenvalue weighted by Gasteiger charge is 2.04. The van der Waals surface area contributed by atoms with E-state index in [0.29, 0.717) is 19.5 Å². The van der Waals surface area contributed by atoms with Crippen molar-refractivity contribution in [1.82, 2.24) is 20.2 Å². The first-order valence-corrected chi connectivity index (χ1v) is 8.67. The first-order chi connectivity index (χ1) is 11.7. The number of hydrogen-bond acceptors (Lipinski definition) is 5. The highest BCUT2D eigenvalue weighted by molar-refractivity contribution is 5.88. The fourth-order valence-corrected chi connectivity index (χ4v) is 2.58. The molecule has 0 saturated carbocycles. The van der Waals surface area contributed by atoms with Crippen LogP contribution in [0.4, 0.5) is 5.82 Å². The first-order valence-electron chi connectivity index (χ1n) is 8.67. The molecule has 0 radical (unpaired) electrons. The molecule has 0 fully saturated rings. The van der Waals surface area contributed by atoms with Gasteiger partial charge in [-0.25, -0.2) is 9.97 Å². The third kappa shape index (κ3) is 5.45. The molecule has 1 aromatic heterocycles. The number of carbonyl (C=O) groups is 1. The zero-order valence-electron chi connectivity index (χ0n) is 14.6. The van der Waals surface area contributed by atoms with E-state index in [4.69, 9.17) is 0 Å². The molecule has 2 aromatic rings. The molecule has 0 atom stereocenters. The van der Waals surface area contributed by atoms with Gasteiger partial charge < -0.3 is 15.5 Å². The molecule has 0 unspecified atom stereocenters. The lowest BCUT2D eigenvalue weighted by atomic mass is 10.2. The maximum Gasteiger partial charge on any atom is 0.220 e. The summed E-state index contributed by atoms with van der Waals surface area (Å²) in [5.41, 5.74) is 0.921. The molecule has 2 N–H and O–H groups in total. The van der Waals surface area contributed by atoms with Crippen LogP contribution in [0.3, 0.4) is 0 Å². The molecule has 0 saturated heterocycles. The maximum atomic E-state index is 11.8. The largest absolute Gasteiger partial charge is 0.369 e. The summed E-state index contributed by atoms with van der Waals surface area (Å²) in [4.78, 5) is 22.7. The van der Waals surface area contributed by atoms with Crippen LogP contribution in [0.25, 0.3) is 10.9 Å². The first kappa shape index (κ1) is 18.1. The smallest absolute Gasteiger partial charge is 0.220 e. The van der Waals surface area contributed by atoms with Gasteiger partial charge in [0.25, 0.3) is 0 Å². The third-order valence-electron chi connectivity index (χ3n) is 4.06. The van der Waals surface area contributed by atoms with Gasteiger partial charge >= 0.3 is 0 Å². The predicted molar refractivity (Wildman–Crippen MR) is 98.1 cm³/mol. The topological polar surface area (TPSA) is 70.2 Å². The molecule has 0 aliphatic rings. The fourth-order valence-electron chi connectivity index (χ4n) is 2.58. The van der Waals surface area contributed by atoms with E-state index in [1.54, 1.807) is 6.33 Å². The Labute approximate surface area is 143 Å². The van der Waals surface area contributed by atoms with Crippen LogP contribution in [0.5, 0.6) is 0 Å². The zero-order chi connectivity index (χ0) is 17.2. The Balaban J connectivity index is 1.68. The van der Waals surface area contributed by atoms with Gasteiger partial charge in [0.05, 0.1) is 5.52 Å². The number of fused-ring (bicyclic) bond motifs is 1. The number of nitrogens with zero attached hydrogens (tertiary/aromatic N) is 3. The van der Waals surface area contributed by atoms with Gasteiger partial charge in [0.15, 0.2) is 0 Å². The minimum absolute atomic E-state index is 0.108. The maximum absolute atomic E-state index is 11.8. The van der Waals surface area contributed by atoms with Crippen molar-refractivity contribution in [3.05, 3.63) is 30.6 Å². The number of hydrogen-bond donors (Lipinski definition) is 2. The number of carbonyl (C=O) groups excluding carboxylic acids is 1. The molecule has 0 aliphatic heterocycles. The summed E-state index contributed by atoms with van der Waals surface area (Å²) in [5, 5.41) is 7.28. The quantitative estimate of drug-likeness (QED) is 0.655. The van der Waals surface area contributed by atoms with Crippen molar-refractivity contribution in [2.45, 2.75) is 26.7 Å². The van der Waals surface area contributed by atoms with Gasteiger partial charge in [0.2, 0.25) is 5.91 Å². The average molecular weight is 329 g/mol. The Morgan fingerprint density at radius 1 is 1.12 bits per heavy atom. The Kier molecular flexibility index (Phi) is 7.42. The molecule has 6 heteroatoms. The van der Waals surface area contributed by atoms with Crippen molar-refractivity contribution in [3.63, 3.8) is 0 Å².